The third-order valence-electron chi connectivity index (χ3n) is 2.49. The van der Waals surface area contributed by atoms with Crippen LogP contribution in [0.25, 0.3) is 0 Å². The lowest BCUT2D eigenvalue weighted by molar-refractivity contribution is -0.120. The Labute approximate surface area is 117 Å². The number of benzene rings is 1. The normalized spacial score (nSPS) is 12.3. The van der Waals surface area contributed by atoms with Crippen LogP contribution >= 0.6 is 15.9 Å². The molecule has 0 saturated carbocycles. The number of nitrogens with two attached hydrogens (primary N) is 1. The maximum Gasteiger partial charge on any atom is 0.257 e. The summed E-state index contributed by atoms with van der Waals surface area (Å²) in [4.78, 5) is 22.9. The molecule has 1 aromatic carbocycles. The van der Waals surface area contributed by atoms with Crippen molar-refractivity contribution in [1.82, 2.24) is 5.32 Å². The average molecular weight is 335 g/mol. The van der Waals surface area contributed by atoms with Crippen molar-refractivity contribution in [3.8, 4) is 0 Å². The lowest BCUT2D eigenvalue weighted by Crippen LogP contribution is -2.48. The molecule has 19 heavy (non-hydrogen) atoms. The quantitative estimate of drug-likeness (QED) is 0.883. The summed E-state index contributed by atoms with van der Waals surface area (Å²) in [5.41, 5.74) is 4.37. The first kappa shape index (κ1) is 15.6. The molecule has 0 aliphatic carbocycles. The summed E-state index contributed by atoms with van der Waals surface area (Å²) in [6.45, 7) is 3.31. The molecule has 1 unspecified atom stereocenters. The molecule has 0 bridgehead atoms. The minimum Gasteiger partial charge on any atom is -0.368 e. The number of carbonyl (C=O) groups excluding carboxylic acids is 2. The molecule has 0 saturated heterocycles. The first-order valence-corrected chi connectivity index (χ1v) is 6.28. The highest BCUT2D eigenvalue weighted by Gasteiger charge is 2.25. The Morgan fingerprint density at radius 1 is 1.26 bits per heavy atom. The number of rotatable bonds is 4. The second-order valence-corrected chi connectivity index (χ2v) is 5.26. The van der Waals surface area contributed by atoms with Crippen LogP contribution in [0.2, 0.25) is 0 Å². The van der Waals surface area contributed by atoms with Crippen molar-refractivity contribution in [1.29, 1.82) is 0 Å². The van der Waals surface area contributed by atoms with Crippen molar-refractivity contribution in [3.05, 3.63) is 33.8 Å². The summed E-state index contributed by atoms with van der Waals surface area (Å²) in [7, 11) is 0. The van der Waals surface area contributed by atoms with Crippen molar-refractivity contribution >= 4 is 27.7 Å². The third-order valence-corrected chi connectivity index (χ3v) is 2.95. The predicted molar refractivity (Wildman–Crippen MR) is 69.3 cm³/mol. The van der Waals surface area contributed by atoms with E-state index in [4.69, 9.17) is 5.73 Å². The zero-order valence-corrected chi connectivity index (χ0v) is 11.9. The topological polar surface area (TPSA) is 72.2 Å². The number of hydrogen-bond donors (Lipinski definition) is 2. The molecule has 7 heteroatoms. The molecule has 1 rings (SSSR count). The van der Waals surface area contributed by atoms with E-state index < -0.39 is 35.1 Å². The van der Waals surface area contributed by atoms with E-state index in [1.54, 1.807) is 13.8 Å². The van der Waals surface area contributed by atoms with Crippen molar-refractivity contribution in [2.75, 3.05) is 0 Å². The van der Waals surface area contributed by atoms with Gasteiger partial charge in [-0.2, -0.15) is 0 Å². The molecule has 0 aromatic heterocycles. The summed E-state index contributed by atoms with van der Waals surface area (Å²) in [5.74, 6) is -4.10. The highest BCUT2D eigenvalue weighted by Crippen LogP contribution is 2.19. The summed E-state index contributed by atoms with van der Waals surface area (Å²) in [6, 6.07) is 0.939. The molecule has 0 aliphatic heterocycles. The highest BCUT2D eigenvalue weighted by atomic mass is 79.9. The lowest BCUT2D eigenvalue weighted by atomic mass is 10.0. The number of hydrogen-bond acceptors (Lipinski definition) is 2. The number of carbonyl (C=O) groups is 2. The van der Waals surface area contributed by atoms with E-state index in [-0.39, 0.29) is 10.4 Å². The molecule has 1 aromatic rings. The van der Waals surface area contributed by atoms with E-state index in [0.717, 1.165) is 12.1 Å². The SMILES string of the molecule is CC(C)C(NC(=O)c1c(F)cc(Br)cc1F)C(N)=O. The molecular weight excluding hydrogens is 322 g/mol. The van der Waals surface area contributed by atoms with E-state index >= 15 is 0 Å². The van der Waals surface area contributed by atoms with Crippen LogP contribution in [0.5, 0.6) is 0 Å². The second-order valence-electron chi connectivity index (χ2n) is 4.34. The van der Waals surface area contributed by atoms with Crippen LogP contribution in [-0.2, 0) is 4.79 Å². The van der Waals surface area contributed by atoms with Crippen LogP contribution in [0.4, 0.5) is 8.78 Å². The molecule has 3 N–H and O–H groups in total. The summed E-state index contributed by atoms with van der Waals surface area (Å²) in [5, 5.41) is 2.22. The first-order valence-electron chi connectivity index (χ1n) is 5.48. The van der Waals surface area contributed by atoms with Gasteiger partial charge in [-0.3, -0.25) is 9.59 Å². The van der Waals surface area contributed by atoms with Crippen molar-refractivity contribution in [3.63, 3.8) is 0 Å². The van der Waals surface area contributed by atoms with Crippen molar-refractivity contribution in [2.45, 2.75) is 19.9 Å². The van der Waals surface area contributed by atoms with Gasteiger partial charge in [0.1, 0.15) is 23.2 Å². The number of primary amides is 1. The van der Waals surface area contributed by atoms with E-state index in [9.17, 15) is 18.4 Å². The fraction of sp³-hybridized carbons (Fsp3) is 0.333. The molecule has 0 fully saturated rings. The molecule has 0 spiro atoms. The van der Waals surface area contributed by atoms with Crippen LogP contribution in [0.1, 0.15) is 24.2 Å². The predicted octanol–water partition coefficient (Wildman–Crippen LogP) is 1.97. The molecule has 0 heterocycles. The molecular formula is C12H13BrF2N2O2. The molecule has 104 valence electrons. The van der Waals surface area contributed by atoms with Gasteiger partial charge in [-0.05, 0) is 18.1 Å². The average Bonchev–Trinajstić information content (AvgIpc) is 2.23. The Bertz CT molecular complexity index is 497. The number of nitrogens with one attached hydrogen (secondary N) is 1. The zero-order valence-electron chi connectivity index (χ0n) is 10.3. The van der Waals surface area contributed by atoms with E-state index in [1.807, 2.05) is 0 Å². The Balaban J connectivity index is 3.05. The summed E-state index contributed by atoms with van der Waals surface area (Å²) < 4.78 is 27.3. The van der Waals surface area contributed by atoms with Crippen LogP contribution in [0.3, 0.4) is 0 Å². The Morgan fingerprint density at radius 2 is 1.74 bits per heavy atom. The van der Waals surface area contributed by atoms with Gasteiger partial charge in [0, 0.05) is 4.47 Å². The molecule has 2 amide bonds. The Morgan fingerprint density at radius 3 is 2.11 bits per heavy atom. The lowest BCUT2D eigenvalue weighted by Gasteiger charge is -2.19. The molecule has 0 aliphatic rings. The molecule has 1 atom stereocenters. The maximum atomic E-state index is 13.6. The van der Waals surface area contributed by atoms with Crippen LogP contribution in [-0.4, -0.2) is 17.9 Å². The first-order chi connectivity index (χ1) is 8.73. The fourth-order valence-corrected chi connectivity index (χ4v) is 1.94. The van der Waals surface area contributed by atoms with Gasteiger partial charge < -0.3 is 11.1 Å². The second kappa shape index (κ2) is 6.10. The van der Waals surface area contributed by atoms with Gasteiger partial charge in [0.25, 0.3) is 5.91 Å². The van der Waals surface area contributed by atoms with Gasteiger partial charge in [-0.25, -0.2) is 8.78 Å². The third kappa shape index (κ3) is 3.73. The molecule has 4 nitrogen and oxygen atoms in total. The zero-order chi connectivity index (χ0) is 14.7. The Kier molecular flexibility index (Phi) is 4.99. The monoisotopic (exact) mass is 334 g/mol. The maximum absolute atomic E-state index is 13.6. The standard InChI is InChI=1S/C12H13BrF2N2O2/c1-5(2)10(11(16)18)17-12(19)9-7(14)3-6(13)4-8(9)15/h3-5,10H,1-2H3,(H2,16,18)(H,17,19). The minimum atomic E-state index is -1.02. The highest BCUT2D eigenvalue weighted by molar-refractivity contribution is 9.10. The van der Waals surface area contributed by atoms with Crippen LogP contribution in [0, 0.1) is 17.6 Å². The van der Waals surface area contributed by atoms with E-state index in [0.29, 0.717) is 0 Å². The fourth-order valence-electron chi connectivity index (χ4n) is 1.54. The van der Waals surface area contributed by atoms with E-state index in [1.165, 1.54) is 0 Å². The Hall–Kier alpha value is -1.50. The van der Waals surface area contributed by atoms with Crippen molar-refractivity contribution in [2.24, 2.45) is 11.7 Å². The van der Waals surface area contributed by atoms with Gasteiger partial charge in [0.05, 0.1) is 0 Å². The van der Waals surface area contributed by atoms with Crippen LogP contribution < -0.4 is 11.1 Å². The minimum absolute atomic E-state index is 0.175. The van der Waals surface area contributed by atoms with E-state index in [2.05, 4.69) is 21.2 Å². The number of amides is 2. The molecule has 0 radical (unpaired) electrons. The smallest absolute Gasteiger partial charge is 0.257 e. The van der Waals surface area contributed by atoms with Gasteiger partial charge in [0.15, 0.2) is 0 Å². The van der Waals surface area contributed by atoms with Crippen LogP contribution in [0.15, 0.2) is 16.6 Å². The van der Waals surface area contributed by atoms with Gasteiger partial charge in [-0.1, -0.05) is 29.8 Å². The van der Waals surface area contributed by atoms with Gasteiger partial charge in [0.2, 0.25) is 5.91 Å². The van der Waals surface area contributed by atoms with Gasteiger partial charge >= 0.3 is 0 Å². The van der Waals surface area contributed by atoms with Gasteiger partial charge in [-0.15, -0.1) is 0 Å². The summed E-state index contributed by atoms with van der Waals surface area (Å²) in [6.07, 6.45) is 0. The largest absolute Gasteiger partial charge is 0.368 e. The van der Waals surface area contributed by atoms with Crippen molar-refractivity contribution < 1.29 is 18.4 Å². The number of halogens is 3. The summed E-state index contributed by atoms with van der Waals surface area (Å²) >= 11 is 2.91.